The second kappa shape index (κ2) is 5.19. The van der Waals surface area contributed by atoms with Gasteiger partial charge in [0, 0.05) is 11.0 Å². The maximum Gasteiger partial charge on any atom is 0.224 e. The molecular weight excluding hydrogens is 289 g/mol. The first-order valence-electron chi connectivity index (χ1n) is 5.36. The van der Waals surface area contributed by atoms with E-state index in [9.17, 15) is 4.79 Å². The van der Waals surface area contributed by atoms with Crippen molar-refractivity contribution in [2.24, 2.45) is 5.92 Å². The van der Waals surface area contributed by atoms with Crippen molar-refractivity contribution in [3.8, 4) is 0 Å². The monoisotopic (exact) mass is 301 g/mol. The van der Waals surface area contributed by atoms with Gasteiger partial charge in [-0.1, -0.05) is 17.7 Å². The Labute approximate surface area is 108 Å². The fraction of sp³-hybridized carbons (Fsp3) is 0.417. The highest BCUT2D eigenvalue weighted by Gasteiger charge is 2.21. The first kappa shape index (κ1) is 11.9. The van der Waals surface area contributed by atoms with Crippen LogP contribution in [0.25, 0.3) is 0 Å². The van der Waals surface area contributed by atoms with Crippen molar-refractivity contribution in [1.29, 1.82) is 0 Å². The van der Waals surface area contributed by atoms with Gasteiger partial charge in [-0.15, -0.1) is 0 Å². The second-order valence-corrected chi connectivity index (χ2v) is 5.43. The molecule has 1 amide bonds. The van der Waals surface area contributed by atoms with E-state index in [0.29, 0.717) is 11.4 Å². The number of benzene rings is 1. The Hall–Kier alpha value is -0.540. The van der Waals surface area contributed by atoms with Gasteiger partial charge in [-0.05, 0) is 52.4 Å². The Balaban J connectivity index is 1.86. The highest BCUT2D eigenvalue weighted by Crippen LogP contribution is 2.27. The number of hydrogen-bond acceptors (Lipinski definition) is 1. The molecule has 2 nitrogen and oxygen atoms in total. The highest BCUT2D eigenvalue weighted by atomic mass is 79.9. The van der Waals surface area contributed by atoms with E-state index < -0.39 is 0 Å². The quantitative estimate of drug-likeness (QED) is 0.909. The summed E-state index contributed by atoms with van der Waals surface area (Å²) in [5.74, 6) is 0.807. The minimum Gasteiger partial charge on any atom is -0.356 e. The second-order valence-electron chi connectivity index (χ2n) is 4.17. The van der Waals surface area contributed by atoms with Crippen molar-refractivity contribution in [3.63, 3.8) is 0 Å². The molecule has 0 aliphatic heterocycles. The average Bonchev–Trinajstić information content (AvgIpc) is 3.04. The van der Waals surface area contributed by atoms with E-state index in [1.54, 1.807) is 6.07 Å². The minimum atomic E-state index is 0.0844. The number of halogens is 2. The molecule has 1 aromatic carbocycles. The van der Waals surface area contributed by atoms with Crippen LogP contribution in [0, 0.1) is 5.92 Å². The number of amides is 1. The molecule has 0 bridgehead atoms. The van der Waals surface area contributed by atoms with E-state index in [4.69, 9.17) is 11.6 Å². The van der Waals surface area contributed by atoms with Crippen LogP contribution in [0.15, 0.2) is 22.7 Å². The third-order valence-electron chi connectivity index (χ3n) is 2.63. The van der Waals surface area contributed by atoms with E-state index >= 15 is 0 Å². The van der Waals surface area contributed by atoms with Crippen LogP contribution in [0.1, 0.15) is 18.4 Å². The summed E-state index contributed by atoms with van der Waals surface area (Å²) in [5.41, 5.74) is 0.976. The Morgan fingerprint density at radius 1 is 1.50 bits per heavy atom. The van der Waals surface area contributed by atoms with E-state index in [-0.39, 0.29) is 5.91 Å². The van der Waals surface area contributed by atoms with Gasteiger partial charge in [-0.25, -0.2) is 0 Å². The van der Waals surface area contributed by atoms with Gasteiger partial charge < -0.3 is 5.32 Å². The molecular formula is C12H13BrClNO. The molecule has 2 rings (SSSR count). The molecule has 1 aliphatic carbocycles. The Kier molecular flexibility index (Phi) is 3.87. The first-order chi connectivity index (χ1) is 7.65. The third kappa shape index (κ3) is 3.49. The zero-order valence-corrected chi connectivity index (χ0v) is 11.1. The van der Waals surface area contributed by atoms with Crippen molar-refractivity contribution in [3.05, 3.63) is 33.3 Å². The molecule has 1 aliphatic rings. The minimum absolute atomic E-state index is 0.0844. The summed E-state index contributed by atoms with van der Waals surface area (Å²) in [6, 6.07) is 5.57. The molecule has 0 unspecified atom stereocenters. The molecule has 1 saturated carbocycles. The van der Waals surface area contributed by atoms with Crippen molar-refractivity contribution in [1.82, 2.24) is 5.32 Å². The normalized spacial score (nSPS) is 14.9. The molecule has 0 saturated heterocycles. The number of rotatable bonds is 4. The molecule has 16 heavy (non-hydrogen) atoms. The maximum absolute atomic E-state index is 11.6. The zero-order valence-electron chi connectivity index (χ0n) is 8.80. The predicted octanol–water partition coefficient (Wildman–Crippen LogP) is 3.17. The van der Waals surface area contributed by atoms with E-state index in [0.717, 1.165) is 22.5 Å². The van der Waals surface area contributed by atoms with E-state index in [1.165, 1.54) is 12.8 Å². The number of carbonyl (C=O) groups excluding carboxylic acids is 1. The van der Waals surface area contributed by atoms with Crippen molar-refractivity contribution >= 4 is 33.4 Å². The molecule has 1 N–H and O–H groups in total. The lowest BCUT2D eigenvalue weighted by atomic mass is 10.1. The lowest BCUT2D eigenvalue weighted by Gasteiger charge is -2.05. The van der Waals surface area contributed by atoms with Crippen LogP contribution in [-0.2, 0) is 11.2 Å². The topological polar surface area (TPSA) is 29.1 Å². The summed E-state index contributed by atoms with van der Waals surface area (Å²) in [5, 5.41) is 3.61. The Bertz CT molecular complexity index is 404. The van der Waals surface area contributed by atoms with Crippen LogP contribution in [0.2, 0.25) is 5.02 Å². The molecule has 0 heterocycles. The summed E-state index contributed by atoms with van der Waals surface area (Å²) < 4.78 is 0.835. The van der Waals surface area contributed by atoms with Crippen molar-refractivity contribution < 1.29 is 4.79 Å². The van der Waals surface area contributed by atoms with Gasteiger partial charge in [-0.2, -0.15) is 0 Å². The molecule has 0 atom stereocenters. The summed E-state index contributed by atoms with van der Waals surface area (Å²) in [4.78, 5) is 11.6. The summed E-state index contributed by atoms with van der Waals surface area (Å²) >= 11 is 9.23. The van der Waals surface area contributed by atoms with Crippen LogP contribution in [0.4, 0.5) is 0 Å². The van der Waals surface area contributed by atoms with Crippen LogP contribution < -0.4 is 5.32 Å². The molecule has 0 spiro atoms. The van der Waals surface area contributed by atoms with Crippen LogP contribution in [-0.4, -0.2) is 12.5 Å². The van der Waals surface area contributed by atoms with Gasteiger partial charge in [0.25, 0.3) is 0 Å². The number of hydrogen-bond donors (Lipinski definition) is 1. The van der Waals surface area contributed by atoms with Gasteiger partial charge in [0.2, 0.25) is 5.91 Å². The fourth-order valence-electron chi connectivity index (χ4n) is 1.48. The van der Waals surface area contributed by atoms with Gasteiger partial charge in [0.05, 0.1) is 11.4 Å². The van der Waals surface area contributed by atoms with Crippen molar-refractivity contribution in [2.45, 2.75) is 19.3 Å². The summed E-state index contributed by atoms with van der Waals surface area (Å²) in [6.07, 6.45) is 2.93. The van der Waals surface area contributed by atoms with E-state index in [1.807, 2.05) is 12.1 Å². The predicted molar refractivity (Wildman–Crippen MR) is 68.6 cm³/mol. The molecule has 0 aromatic heterocycles. The number of nitrogens with one attached hydrogen (secondary N) is 1. The molecule has 1 aromatic rings. The van der Waals surface area contributed by atoms with Crippen molar-refractivity contribution in [2.75, 3.05) is 6.54 Å². The average molecular weight is 303 g/mol. The molecule has 4 heteroatoms. The van der Waals surface area contributed by atoms with Crippen LogP contribution in [0.5, 0.6) is 0 Å². The van der Waals surface area contributed by atoms with Gasteiger partial charge in [0.15, 0.2) is 0 Å². The highest BCUT2D eigenvalue weighted by molar-refractivity contribution is 9.10. The summed E-state index contributed by atoms with van der Waals surface area (Å²) in [7, 11) is 0. The SMILES string of the molecule is O=C(Cc1ccc(Cl)c(Br)c1)NCC1CC1. The largest absolute Gasteiger partial charge is 0.356 e. The Morgan fingerprint density at radius 3 is 2.88 bits per heavy atom. The Morgan fingerprint density at radius 2 is 2.25 bits per heavy atom. The van der Waals surface area contributed by atoms with Gasteiger partial charge >= 0.3 is 0 Å². The molecule has 1 fully saturated rings. The zero-order chi connectivity index (χ0) is 11.5. The lowest BCUT2D eigenvalue weighted by molar-refractivity contribution is -0.120. The van der Waals surface area contributed by atoms with Gasteiger partial charge in [-0.3, -0.25) is 4.79 Å². The van der Waals surface area contributed by atoms with Crippen LogP contribution in [0.3, 0.4) is 0 Å². The number of carbonyl (C=O) groups is 1. The van der Waals surface area contributed by atoms with Crippen LogP contribution >= 0.6 is 27.5 Å². The third-order valence-corrected chi connectivity index (χ3v) is 3.85. The molecule has 0 radical (unpaired) electrons. The maximum atomic E-state index is 11.6. The van der Waals surface area contributed by atoms with Gasteiger partial charge in [0.1, 0.15) is 0 Å². The standard InChI is InChI=1S/C12H13BrClNO/c13-10-5-9(3-4-11(10)14)6-12(16)15-7-8-1-2-8/h3-5,8H,1-2,6-7H2,(H,15,16). The fourth-order valence-corrected chi connectivity index (χ4v) is 2.02. The summed E-state index contributed by atoms with van der Waals surface area (Å²) in [6.45, 7) is 0.827. The first-order valence-corrected chi connectivity index (χ1v) is 6.53. The van der Waals surface area contributed by atoms with E-state index in [2.05, 4.69) is 21.2 Å². The molecule has 86 valence electrons. The smallest absolute Gasteiger partial charge is 0.224 e. The lowest BCUT2D eigenvalue weighted by Crippen LogP contribution is -2.27.